The van der Waals surface area contributed by atoms with Crippen molar-refractivity contribution >= 4 is 21.9 Å². The van der Waals surface area contributed by atoms with Crippen LogP contribution in [0, 0.1) is 11.7 Å². The Morgan fingerprint density at radius 2 is 1.87 bits per heavy atom. The van der Waals surface area contributed by atoms with Crippen LogP contribution in [-0.2, 0) is 0 Å². The minimum atomic E-state index is -0.250. The van der Waals surface area contributed by atoms with E-state index >= 15 is 4.39 Å². The van der Waals surface area contributed by atoms with Crippen LogP contribution in [0.1, 0.15) is 63.4 Å². The molecule has 5 rings (SSSR count). The van der Waals surface area contributed by atoms with Gasteiger partial charge in [-0.1, -0.05) is 62.9 Å². The minimum Gasteiger partial charge on any atom is -0.455 e. The van der Waals surface area contributed by atoms with Crippen molar-refractivity contribution in [1.29, 1.82) is 0 Å². The maximum atomic E-state index is 15.3. The smallest absolute Gasteiger partial charge is 0.149 e. The lowest BCUT2D eigenvalue weighted by atomic mass is 9.73. The highest BCUT2D eigenvalue weighted by molar-refractivity contribution is 6.09. The first-order valence-corrected chi connectivity index (χ1v) is 11.3. The second kappa shape index (κ2) is 8.22. The molecule has 2 unspecified atom stereocenters. The number of unbranched alkanes of at least 4 members (excludes halogenated alkanes) is 1. The van der Waals surface area contributed by atoms with Gasteiger partial charge in [0.05, 0.1) is 0 Å². The van der Waals surface area contributed by atoms with E-state index in [1.807, 2.05) is 48.7 Å². The van der Waals surface area contributed by atoms with Crippen molar-refractivity contribution in [2.75, 3.05) is 0 Å². The lowest BCUT2D eigenvalue weighted by Crippen LogP contribution is -2.18. The van der Waals surface area contributed by atoms with Crippen molar-refractivity contribution in [3.05, 3.63) is 66.1 Å². The second-order valence-electron chi connectivity index (χ2n) is 8.67. The molecule has 0 aliphatic heterocycles. The highest BCUT2D eigenvalue weighted by Gasteiger charge is 2.27. The molecule has 1 aliphatic rings. The molecule has 0 N–H and O–H groups in total. The summed E-state index contributed by atoms with van der Waals surface area (Å²) in [5.41, 5.74) is 3.69. The van der Waals surface area contributed by atoms with Crippen LogP contribution in [0.25, 0.3) is 33.2 Å². The zero-order valence-electron chi connectivity index (χ0n) is 17.5. The fourth-order valence-electron chi connectivity index (χ4n) is 5.25. The van der Waals surface area contributed by atoms with Gasteiger partial charge in [0.25, 0.3) is 0 Å². The van der Waals surface area contributed by atoms with E-state index in [1.54, 1.807) is 6.07 Å². The molecule has 2 aromatic carbocycles. The number of benzene rings is 2. The Morgan fingerprint density at radius 1 is 1.03 bits per heavy atom. The van der Waals surface area contributed by atoms with E-state index in [1.165, 1.54) is 38.5 Å². The highest BCUT2D eigenvalue weighted by Crippen LogP contribution is 2.42. The van der Waals surface area contributed by atoms with Gasteiger partial charge in [0.1, 0.15) is 22.7 Å². The van der Waals surface area contributed by atoms with Gasteiger partial charge in [-0.3, -0.25) is 4.98 Å². The normalized spacial score (nSPS) is 19.5. The third-order valence-corrected chi connectivity index (χ3v) is 6.79. The van der Waals surface area contributed by atoms with Gasteiger partial charge >= 0.3 is 0 Å². The average Bonchev–Trinajstić information content (AvgIpc) is 3.17. The zero-order chi connectivity index (χ0) is 20.5. The molecule has 1 fully saturated rings. The minimum absolute atomic E-state index is 0.250. The first-order valence-electron chi connectivity index (χ1n) is 11.3. The molecular weight excluding hydrogens is 373 g/mol. The third kappa shape index (κ3) is 3.40. The number of rotatable bonds is 5. The van der Waals surface area contributed by atoms with Crippen LogP contribution >= 0.6 is 0 Å². The van der Waals surface area contributed by atoms with Crippen molar-refractivity contribution in [2.24, 2.45) is 5.92 Å². The van der Waals surface area contributed by atoms with Gasteiger partial charge in [0.15, 0.2) is 0 Å². The zero-order valence-corrected chi connectivity index (χ0v) is 17.5. The van der Waals surface area contributed by atoms with E-state index in [9.17, 15) is 0 Å². The Balaban J connectivity index is 1.54. The molecule has 0 saturated heterocycles. The Kier molecular flexibility index (Phi) is 5.28. The number of hydrogen-bond acceptors (Lipinski definition) is 2. The van der Waals surface area contributed by atoms with Crippen molar-refractivity contribution in [3.63, 3.8) is 0 Å². The summed E-state index contributed by atoms with van der Waals surface area (Å²) in [4.78, 5) is 4.62. The first-order chi connectivity index (χ1) is 14.8. The molecule has 4 aromatic rings. The van der Waals surface area contributed by atoms with Gasteiger partial charge in [-0.15, -0.1) is 0 Å². The van der Waals surface area contributed by atoms with Gasteiger partial charge in [-0.2, -0.15) is 0 Å². The van der Waals surface area contributed by atoms with Gasteiger partial charge in [-0.05, 0) is 54.9 Å². The first kappa shape index (κ1) is 19.3. The molecule has 2 heterocycles. The van der Waals surface area contributed by atoms with Crippen molar-refractivity contribution in [1.82, 2.24) is 4.98 Å². The van der Waals surface area contributed by atoms with E-state index in [2.05, 4.69) is 11.9 Å². The van der Waals surface area contributed by atoms with Crippen LogP contribution in [0.4, 0.5) is 4.39 Å². The maximum absolute atomic E-state index is 15.3. The summed E-state index contributed by atoms with van der Waals surface area (Å²) in [7, 11) is 0. The van der Waals surface area contributed by atoms with Gasteiger partial charge < -0.3 is 4.42 Å². The molecule has 2 aromatic heterocycles. The predicted molar refractivity (Wildman–Crippen MR) is 121 cm³/mol. The molecule has 0 bridgehead atoms. The molecule has 0 radical (unpaired) electrons. The van der Waals surface area contributed by atoms with E-state index in [0.29, 0.717) is 23.1 Å². The summed E-state index contributed by atoms with van der Waals surface area (Å²) in [6, 6.07) is 15.6. The van der Waals surface area contributed by atoms with E-state index < -0.39 is 0 Å². The van der Waals surface area contributed by atoms with Crippen molar-refractivity contribution in [2.45, 2.75) is 57.8 Å². The molecular formula is C27H28FNO. The summed E-state index contributed by atoms with van der Waals surface area (Å²) in [5, 5.41) is 2.05. The standard InChI is InChI=1S/C27H28FNO/c1-2-3-9-18-10-4-5-11-20(18)19-16-24(28)26(29-17-19)23-14-8-13-22-21-12-6-7-15-25(21)30-27(22)23/h6-8,12-18,20H,2-5,9-11H2,1H3. The Hall–Kier alpha value is -2.68. The molecule has 154 valence electrons. The van der Waals surface area contributed by atoms with Crippen LogP contribution in [0.15, 0.2) is 59.1 Å². The lowest BCUT2D eigenvalue weighted by Gasteiger charge is -2.32. The number of pyridine rings is 1. The second-order valence-corrected chi connectivity index (χ2v) is 8.67. The molecule has 1 aliphatic carbocycles. The van der Waals surface area contributed by atoms with Crippen LogP contribution in [0.3, 0.4) is 0 Å². The van der Waals surface area contributed by atoms with Crippen LogP contribution in [0.2, 0.25) is 0 Å². The number of furan rings is 1. The number of para-hydroxylation sites is 2. The van der Waals surface area contributed by atoms with Gasteiger partial charge in [0.2, 0.25) is 0 Å². The molecule has 2 nitrogen and oxygen atoms in total. The number of halogens is 1. The van der Waals surface area contributed by atoms with E-state index in [-0.39, 0.29) is 5.82 Å². The summed E-state index contributed by atoms with van der Waals surface area (Å²) in [6.45, 7) is 2.24. The summed E-state index contributed by atoms with van der Waals surface area (Å²) in [6.07, 6.45) is 10.6. The largest absolute Gasteiger partial charge is 0.455 e. The summed E-state index contributed by atoms with van der Waals surface area (Å²) < 4.78 is 21.4. The highest BCUT2D eigenvalue weighted by atomic mass is 19.1. The quantitative estimate of drug-likeness (QED) is 0.336. The molecule has 30 heavy (non-hydrogen) atoms. The van der Waals surface area contributed by atoms with Crippen LogP contribution in [-0.4, -0.2) is 4.98 Å². The predicted octanol–water partition coefficient (Wildman–Crippen LogP) is 8.25. The van der Waals surface area contributed by atoms with Gasteiger partial charge in [-0.25, -0.2) is 4.39 Å². The monoisotopic (exact) mass is 401 g/mol. The number of nitrogens with zero attached hydrogens (tertiary/aromatic N) is 1. The summed E-state index contributed by atoms with van der Waals surface area (Å²) >= 11 is 0. The third-order valence-electron chi connectivity index (χ3n) is 6.79. The number of aromatic nitrogens is 1. The fraction of sp³-hybridized carbons (Fsp3) is 0.370. The SMILES string of the molecule is CCCCC1CCCCC1c1cnc(-c2cccc3c2oc2ccccc23)c(F)c1. The molecule has 3 heteroatoms. The summed E-state index contributed by atoms with van der Waals surface area (Å²) in [5.74, 6) is 0.841. The number of fused-ring (bicyclic) bond motifs is 3. The maximum Gasteiger partial charge on any atom is 0.149 e. The number of hydrogen-bond donors (Lipinski definition) is 0. The van der Waals surface area contributed by atoms with Crippen molar-refractivity contribution < 1.29 is 8.81 Å². The van der Waals surface area contributed by atoms with Crippen molar-refractivity contribution in [3.8, 4) is 11.3 Å². The molecule has 1 saturated carbocycles. The fourth-order valence-corrected chi connectivity index (χ4v) is 5.25. The lowest BCUT2D eigenvalue weighted by molar-refractivity contribution is 0.284. The Bertz CT molecular complexity index is 1180. The molecule has 2 atom stereocenters. The van der Waals surface area contributed by atoms with Gasteiger partial charge in [0, 0.05) is 22.5 Å². The topological polar surface area (TPSA) is 26.0 Å². The Labute approximate surface area is 177 Å². The van der Waals surface area contributed by atoms with Crippen LogP contribution < -0.4 is 0 Å². The van der Waals surface area contributed by atoms with E-state index in [4.69, 9.17) is 4.42 Å². The molecule has 0 amide bonds. The molecule has 0 spiro atoms. The Morgan fingerprint density at radius 3 is 2.73 bits per heavy atom. The van der Waals surface area contributed by atoms with E-state index in [0.717, 1.165) is 33.9 Å². The van der Waals surface area contributed by atoms with Crippen LogP contribution in [0.5, 0.6) is 0 Å². The average molecular weight is 402 g/mol.